The van der Waals surface area contributed by atoms with Crippen LogP contribution in [0.1, 0.15) is 12.8 Å². The van der Waals surface area contributed by atoms with Gasteiger partial charge in [0, 0.05) is 43.4 Å². The van der Waals surface area contributed by atoms with Gasteiger partial charge in [-0.3, -0.25) is 14.9 Å². The molecule has 0 radical (unpaired) electrons. The summed E-state index contributed by atoms with van der Waals surface area (Å²) in [5.41, 5.74) is -0.644. The van der Waals surface area contributed by atoms with E-state index in [2.05, 4.69) is 0 Å². The first-order valence-corrected chi connectivity index (χ1v) is 9.87. The topological polar surface area (TPSA) is 77.6 Å². The second-order valence-electron chi connectivity index (χ2n) is 7.24. The van der Waals surface area contributed by atoms with Crippen LogP contribution >= 0.6 is 11.6 Å². The van der Waals surface area contributed by atoms with Crippen LogP contribution in [-0.2, 0) is 7.05 Å². The van der Waals surface area contributed by atoms with E-state index in [4.69, 9.17) is 16.3 Å². The second kappa shape index (κ2) is 7.95. The van der Waals surface area contributed by atoms with Crippen molar-refractivity contribution >= 4 is 33.9 Å². The average molecular weight is 432 g/mol. The zero-order valence-electron chi connectivity index (χ0n) is 16.2. The number of pyridine rings is 1. The van der Waals surface area contributed by atoms with Gasteiger partial charge in [-0.15, -0.1) is 0 Å². The van der Waals surface area contributed by atoms with E-state index in [9.17, 15) is 19.3 Å². The maximum Gasteiger partial charge on any atom is 0.357 e. The predicted octanol–water partition coefficient (Wildman–Crippen LogP) is 4.29. The molecule has 1 aliphatic heterocycles. The molecule has 0 spiro atoms. The molecule has 0 N–H and O–H groups in total. The van der Waals surface area contributed by atoms with Crippen molar-refractivity contribution in [2.24, 2.45) is 7.05 Å². The first-order valence-electron chi connectivity index (χ1n) is 9.49. The first kappa shape index (κ1) is 20.2. The predicted molar refractivity (Wildman–Crippen MR) is 113 cm³/mol. The minimum absolute atomic E-state index is 0.0895. The standard InChI is InChI=1S/C21H19ClFN3O4/c1-24-18-6-5-14(23)12-17(18)19(20(21(24)27)26(28)29)25-9-7-15(8-10-25)30-16-4-2-3-13(22)11-16/h2-6,11-12,15H,7-10H2,1H3. The number of hydrogen-bond acceptors (Lipinski definition) is 5. The molecule has 4 rings (SSSR count). The molecule has 7 nitrogen and oxygen atoms in total. The number of hydrogen-bond donors (Lipinski definition) is 0. The number of rotatable bonds is 4. The number of nitro groups is 1. The summed E-state index contributed by atoms with van der Waals surface area (Å²) in [4.78, 5) is 25.5. The van der Waals surface area contributed by atoms with Crippen molar-refractivity contribution in [2.45, 2.75) is 18.9 Å². The maximum atomic E-state index is 14.0. The molecule has 156 valence electrons. The van der Waals surface area contributed by atoms with Gasteiger partial charge < -0.3 is 14.2 Å². The fourth-order valence-corrected chi connectivity index (χ4v) is 4.08. The van der Waals surface area contributed by atoms with Crippen LogP contribution in [0.15, 0.2) is 47.3 Å². The lowest BCUT2D eigenvalue weighted by Crippen LogP contribution is -2.39. The Labute approximate surface area is 176 Å². The van der Waals surface area contributed by atoms with Gasteiger partial charge in [0.1, 0.15) is 23.4 Å². The van der Waals surface area contributed by atoms with E-state index in [-0.39, 0.29) is 11.8 Å². The highest BCUT2D eigenvalue weighted by molar-refractivity contribution is 6.30. The summed E-state index contributed by atoms with van der Waals surface area (Å²) in [7, 11) is 1.45. The number of aryl methyl sites for hydroxylation is 1. The SMILES string of the molecule is Cn1c(=O)c([N+](=O)[O-])c(N2CCC(Oc3cccc(Cl)c3)CC2)c2cc(F)ccc21. The van der Waals surface area contributed by atoms with E-state index in [1.807, 2.05) is 6.07 Å². The summed E-state index contributed by atoms with van der Waals surface area (Å²) >= 11 is 5.99. The number of halogens is 2. The number of ether oxygens (including phenoxy) is 1. The summed E-state index contributed by atoms with van der Waals surface area (Å²) in [6, 6.07) is 11.1. The van der Waals surface area contributed by atoms with E-state index in [1.165, 1.54) is 29.8 Å². The molecular weight excluding hydrogens is 413 g/mol. The van der Waals surface area contributed by atoms with Crippen molar-refractivity contribution in [3.05, 3.63) is 73.8 Å². The third-order valence-corrected chi connectivity index (χ3v) is 5.58. The van der Waals surface area contributed by atoms with Crippen molar-refractivity contribution in [3.63, 3.8) is 0 Å². The molecule has 1 saturated heterocycles. The summed E-state index contributed by atoms with van der Waals surface area (Å²) in [6.07, 6.45) is 1.10. The minimum Gasteiger partial charge on any atom is -0.490 e. The molecule has 0 atom stereocenters. The Bertz CT molecular complexity index is 1190. The number of anilines is 1. The molecule has 1 aliphatic rings. The van der Waals surface area contributed by atoms with Crippen molar-refractivity contribution in [3.8, 4) is 5.75 Å². The van der Waals surface area contributed by atoms with Gasteiger partial charge in [0.15, 0.2) is 0 Å². The lowest BCUT2D eigenvalue weighted by Gasteiger charge is -2.34. The van der Waals surface area contributed by atoms with Crippen molar-refractivity contribution in [1.82, 2.24) is 4.57 Å². The third kappa shape index (κ3) is 3.70. The van der Waals surface area contributed by atoms with Gasteiger partial charge >= 0.3 is 11.2 Å². The number of fused-ring (bicyclic) bond motifs is 1. The quantitative estimate of drug-likeness (QED) is 0.455. The van der Waals surface area contributed by atoms with Gasteiger partial charge in [-0.05, 0) is 36.4 Å². The van der Waals surface area contributed by atoms with Gasteiger partial charge in [0.25, 0.3) is 0 Å². The van der Waals surface area contributed by atoms with Crippen molar-refractivity contribution in [2.75, 3.05) is 18.0 Å². The van der Waals surface area contributed by atoms with Crippen LogP contribution in [0.2, 0.25) is 5.02 Å². The largest absolute Gasteiger partial charge is 0.490 e. The smallest absolute Gasteiger partial charge is 0.357 e. The molecule has 0 bridgehead atoms. The Morgan fingerprint density at radius 1 is 1.20 bits per heavy atom. The molecular formula is C21H19ClFN3O4. The van der Waals surface area contributed by atoms with Gasteiger partial charge in [-0.2, -0.15) is 0 Å². The van der Waals surface area contributed by atoms with Crippen LogP contribution in [0.4, 0.5) is 15.8 Å². The maximum absolute atomic E-state index is 14.0. The Morgan fingerprint density at radius 2 is 1.93 bits per heavy atom. The van der Waals surface area contributed by atoms with E-state index < -0.39 is 22.0 Å². The molecule has 2 aromatic carbocycles. The number of piperidine rings is 1. The molecule has 0 saturated carbocycles. The average Bonchev–Trinajstić information content (AvgIpc) is 2.71. The number of benzene rings is 2. The minimum atomic E-state index is -0.716. The van der Waals surface area contributed by atoms with Crippen LogP contribution in [0.25, 0.3) is 10.9 Å². The highest BCUT2D eigenvalue weighted by Gasteiger charge is 2.31. The van der Waals surface area contributed by atoms with Crippen LogP contribution < -0.4 is 15.2 Å². The van der Waals surface area contributed by atoms with E-state index in [0.29, 0.717) is 47.6 Å². The van der Waals surface area contributed by atoms with E-state index in [0.717, 1.165) is 0 Å². The Morgan fingerprint density at radius 3 is 2.60 bits per heavy atom. The Balaban J connectivity index is 1.67. The molecule has 30 heavy (non-hydrogen) atoms. The van der Waals surface area contributed by atoms with Crippen LogP contribution in [0, 0.1) is 15.9 Å². The van der Waals surface area contributed by atoms with Crippen LogP contribution in [0.5, 0.6) is 5.75 Å². The van der Waals surface area contributed by atoms with E-state index in [1.54, 1.807) is 23.1 Å². The van der Waals surface area contributed by atoms with Gasteiger partial charge in [-0.25, -0.2) is 4.39 Å². The van der Waals surface area contributed by atoms with Crippen LogP contribution in [-0.4, -0.2) is 28.7 Å². The van der Waals surface area contributed by atoms with Crippen LogP contribution in [0.3, 0.4) is 0 Å². The lowest BCUT2D eigenvalue weighted by atomic mass is 10.0. The molecule has 2 heterocycles. The molecule has 3 aromatic rings. The fourth-order valence-electron chi connectivity index (χ4n) is 3.90. The van der Waals surface area contributed by atoms with Gasteiger partial charge in [0.05, 0.1) is 10.4 Å². The molecule has 9 heteroatoms. The molecule has 0 unspecified atom stereocenters. The monoisotopic (exact) mass is 431 g/mol. The molecule has 1 aromatic heterocycles. The molecule has 0 aliphatic carbocycles. The second-order valence-corrected chi connectivity index (χ2v) is 7.68. The van der Waals surface area contributed by atoms with Gasteiger partial charge in [-0.1, -0.05) is 17.7 Å². The summed E-state index contributed by atoms with van der Waals surface area (Å²) in [5, 5.41) is 12.7. The zero-order valence-corrected chi connectivity index (χ0v) is 16.9. The number of aromatic nitrogens is 1. The zero-order chi connectivity index (χ0) is 21.4. The number of nitrogens with zero attached hydrogens (tertiary/aromatic N) is 3. The van der Waals surface area contributed by atoms with Gasteiger partial charge in [0.2, 0.25) is 0 Å². The first-order chi connectivity index (χ1) is 14.3. The Kier molecular flexibility index (Phi) is 5.34. The highest BCUT2D eigenvalue weighted by Crippen LogP contribution is 2.36. The van der Waals surface area contributed by atoms with Crippen molar-refractivity contribution < 1.29 is 14.1 Å². The lowest BCUT2D eigenvalue weighted by molar-refractivity contribution is -0.385. The summed E-state index contributed by atoms with van der Waals surface area (Å²) in [6.45, 7) is 0.871. The summed E-state index contributed by atoms with van der Waals surface area (Å²) in [5.74, 6) is 0.143. The molecule has 0 amide bonds. The van der Waals surface area contributed by atoms with Crippen molar-refractivity contribution in [1.29, 1.82) is 0 Å². The Hall–Kier alpha value is -3.13. The normalized spacial score (nSPS) is 14.8. The highest BCUT2D eigenvalue weighted by atomic mass is 35.5. The van der Waals surface area contributed by atoms with E-state index >= 15 is 0 Å². The molecule has 1 fully saturated rings. The third-order valence-electron chi connectivity index (χ3n) is 5.35. The fraction of sp³-hybridized carbons (Fsp3) is 0.286. The summed E-state index contributed by atoms with van der Waals surface area (Å²) < 4.78 is 21.1.